The number of hydrogen-bond donors (Lipinski definition) is 0. The quantitative estimate of drug-likeness (QED) is 0.0400. The third-order valence-corrected chi connectivity index (χ3v) is 10.8. The van der Waals surface area contributed by atoms with Crippen molar-refractivity contribution in [3.05, 3.63) is 0 Å². The minimum atomic E-state index is -0.525. The predicted octanol–water partition coefficient (Wildman–Crippen LogP) is 13.0. The first-order valence-corrected chi connectivity index (χ1v) is 22.3. The molecule has 1 amide bonds. The Morgan fingerprint density at radius 1 is 0.577 bits per heavy atom. The van der Waals surface area contributed by atoms with Crippen molar-refractivity contribution in [2.24, 2.45) is 23.7 Å². The molecular weight excluding hydrogens is 650 g/mol. The molecule has 0 aromatic heterocycles. The molecule has 1 aliphatic rings. The van der Waals surface area contributed by atoms with Gasteiger partial charge in [-0.05, 0) is 96.8 Å². The van der Waals surface area contributed by atoms with Gasteiger partial charge in [0.15, 0.2) is 0 Å². The minimum absolute atomic E-state index is 0.0110. The maximum atomic E-state index is 13.1. The highest BCUT2D eigenvalue weighted by Gasteiger charge is 2.32. The first-order chi connectivity index (χ1) is 25.0. The third kappa shape index (κ3) is 25.3. The van der Waals surface area contributed by atoms with E-state index in [4.69, 9.17) is 14.2 Å². The van der Waals surface area contributed by atoms with E-state index >= 15 is 0 Å². The van der Waals surface area contributed by atoms with Gasteiger partial charge in [0.1, 0.15) is 5.60 Å². The Morgan fingerprint density at radius 2 is 1.00 bits per heavy atom. The molecular formula is C45H85NO6. The van der Waals surface area contributed by atoms with Gasteiger partial charge in [-0.1, -0.05) is 130 Å². The van der Waals surface area contributed by atoms with Gasteiger partial charge in [0.05, 0.1) is 25.0 Å². The highest BCUT2D eigenvalue weighted by molar-refractivity contribution is 5.72. The molecule has 1 heterocycles. The van der Waals surface area contributed by atoms with Crippen LogP contribution in [0.5, 0.6) is 0 Å². The average Bonchev–Trinajstić information content (AvgIpc) is 3.10. The molecule has 1 fully saturated rings. The highest BCUT2D eigenvalue weighted by atomic mass is 16.6. The van der Waals surface area contributed by atoms with E-state index < -0.39 is 5.60 Å². The van der Waals surface area contributed by atoms with Crippen LogP contribution in [0.15, 0.2) is 0 Å². The second kappa shape index (κ2) is 30.5. The Balaban J connectivity index is 2.51. The van der Waals surface area contributed by atoms with Crippen LogP contribution in [0.3, 0.4) is 0 Å². The summed E-state index contributed by atoms with van der Waals surface area (Å²) < 4.78 is 17.3. The molecule has 7 heteroatoms. The molecule has 0 spiro atoms. The van der Waals surface area contributed by atoms with Crippen LogP contribution in [0.2, 0.25) is 0 Å². The number of hydrogen-bond acceptors (Lipinski definition) is 6. The van der Waals surface area contributed by atoms with Gasteiger partial charge in [-0.3, -0.25) is 9.59 Å². The molecule has 1 aliphatic heterocycles. The number of nitrogens with zero attached hydrogens (tertiary/aromatic N) is 1. The van der Waals surface area contributed by atoms with Crippen molar-refractivity contribution in [2.45, 2.75) is 221 Å². The smallest absolute Gasteiger partial charge is 0.410 e. The number of piperidine rings is 1. The molecule has 0 aromatic carbocycles. The monoisotopic (exact) mass is 736 g/mol. The van der Waals surface area contributed by atoms with Gasteiger partial charge in [-0.15, -0.1) is 0 Å². The molecule has 0 bridgehead atoms. The molecule has 0 saturated carbocycles. The van der Waals surface area contributed by atoms with E-state index in [1.807, 2.05) is 32.6 Å². The normalized spacial score (nSPS) is 17.5. The summed E-state index contributed by atoms with van der Waals surface area (Å²) in [6.07, 6.45) is 29.0. The van der Waals surface area contributed by atoms with Gasteiger partial charge in [-0.2, -0.15) is 0 Å². The summed E-state index contributed by atoms with van der Waals surface area (Å²) in [4.78, 5) is 40.6. The summed E-state index contributed by atoms with van der Waals surface area (Å²) in [6, 6.07) is 0. The lowest BCUT2D eigenvalue weighted by Gasteiger charge is -2.38. The number of esters is 2. The Morgan fingerprint density at radius 3 is 1.48 bits per heavy atom. The van der Waals surface area contributed by atoms with E-state index in [2.05, 4.69) is 20.8 Å². The van der Waals surface area contributed by atoms with Crippen molar-refractivity contribution in [3.8, 4) is 0 Å². The van der Waals surface area contributed by atoms with Gasteiger partial charge in [0.25, 0.3) is 0 Å². The molecule has 4 unspecified atom stereocenters. The van der Waals surface area contributed by atoms with Crippen molar-refractivity contribution >= 4 is 18.0 Å². The van der Waals surface area contributed by atoms with Gasteiger partial charge in [0.2, 0.25) is 0 Å². The second-order valence-corrected chi connectivity index (χ2v) is 17.2. The fraction of sp³-hybridized carbons (Fsp3) is 0.933. The summed E-state index contributed by atoms with van der Waals surface area (Å²) in [5, 5.41) is 0. The van der Waals surface area contributed by atoms with Crippen molar-refractivity contribution in [2.75, 3.05) is 26.3 Å². The van der Waals surface area contributed by atoms with E-state index in [1.54, 1.807) is 0 Å². The summed E-state index contributed by atoms with van der Waals surface area (Å²) in [7, 11) is 0. The Kier molecular flexibility index (Phi) is 28.3. The lowest BCUT2D eigenvalue weighted by atomic mass is 9.83. The van der Waals surface area contributed by atoms with Crippen LogP contribution < -0.4 is 0 Å². The molecule has 0 aromatic rings. The third-order valence-electron chi connectivity index (χ3n) is 10.8. The number of likely N-dealkylation sites (tertiary alicyclic amines) is 1. The number of unbranched alkanes of at least 4 members (excludes halogenated alkanes) is 15. The number of carbonyl (C=O) groups is 3. The van der Waals surface area contributed by atoms with E-state index in [0.717, 1.165) is 96.6 Å². The fourth-order valence-corrected chi connectivity index (χ4v) is 7.61. The van der Waals surface area contributed by atoms with Crippen molar-refractivity contribution in [1.82, 2.24) is 4.90 Å². The SMILES string of the molecule is CCCCCCCCC(C)C(=O)OCCCCC1CC(CCCCOC(=O)C(CCCCCC)CCCCCCCC)CN(C(=O)OC(C)(C)C)C1. The fourth-order valence-electron chi connectivity index (χ4n) is 7.61. The topological polar surface area (TPSA) is 82.1 Å². The molecule has 0 radical (unpaired) electrons. The minimum Gasteiger partial charge on any atom is -0.465 e. The van der Waals surface area contributed by atoms with Crippen LogP contribution in [-0.4, -0.2) is 54.8 Å². The van der Waals surface area contributed by atoms with E-state index in [9.17, 15) is 14.4 Å². The lowest BCUT2D eigenvalue weighted by Crippen LogP contribution is -2.46. The zero-order valence-electron chi connectivity index (χ0n) is 35.4. The maximum absolute atomic E-state index is 13.1. The maximum Gasteiger partial charge on any atom is 0.410 e. The molecule has 306 valence electrons. The Bertz CT molecular complexity index is 901. The molecule has 1 rings (SSSR count). The molecule has 1 saturated heterocycles. The molecule has 7 nitrogen and oxygen atoms in total. The molecule has 0 aliphatic carbocycles. The number of amides is 1. The standard InChI is InChI=1S/C45H85NO6/c1-8-11-14-17-19-21-28-38(4)42(47)50-33-26-24-29-39-35-40(37-46(36-39)44(49)52-45(5,6)7)30-25-27-34-51-43(48)41(31-22-16-13-10-3)32-23-20-18-15-12-9-2/h38-41H,8-37H2,1-7H3. The summed E-state index contributed by atoms with van der Waals surface area (Å²) in [5.74, 6) is 0.772. The van der Waals surface area contributed by atoms with Crippen LogP contribution in [-0.2, 0) is 23.8 Å². The Hall–Kier alpha value is -1.79. The summed E-state index contributed by atoms with van der Waals surface area (Å²) in [6.45, 7) is 16.9. The summed E-state index contributed by atoms with van der Waals surface area (Å²) in [5.41, 5.74) is -0.525. The first kappa shape index (κ1) is 48.2. The van der Waals surface area contributed by atoms with Crippen LogP contribution in [0.25, 0.3) is 0 Å². The van der Waals surface area contributed by atoms with Crippen molar-refractivity contribution in [3.63, 3.8) is 0 Å². The number of ether oxygens (including phenoxy) is 3. The van der Waals surface area contributed by atoms with Crippen LogP contribution in [0, 0.1) is 23.7 Å². The van der Waals surface area contributed by atoms with Crippen LogP contribution in [0.4, 0.5) is 4.79 Å². The molecule has 52 heavy (non-hydrogen) atoms. The van der Waals surface area contributed by atoms with Crippen LogP contribution in [0.1, 0.15) is 215 Å². The van der Waals surface area contributed by atoms with Gasteiger partial charge < -0.3 is 19.1 Å². The molecule has 4 atom stereocenters. The highest BCUT2D eigenvalue weighted by Crippen LogP contribution is 2.30. The van der Waals surface area contributed by atoms with E-state index in [-0.39, 0.29) is 29.9 Å². The zero-order chi connectivity index (χ0) is 38.5. The van der Waals surface area contributed by atoms with Crippen LogP contribution >= 0.6 is 0 Å². The zero-order valence-corrected chi connectivity index (χ0v) is 35.4. The summed E-state index contributed by atoms with van der Waals surface area (Å²) >= 11 is 0. The largest absolute Gasteiger partial charge is 0.465 e. The van der Waals surface area contributed by atoms with E-state index in [0.29, 0.717) is 25.0 Å². The molecule has 0 N–H and O–H groups in total. The Labute approximate surface area is 321 Å². The number of carbonyl (C=O) groups excluding carboxylic acids is 3. The van der Waals surface area contributed by atoms with Gasteiger partial charge in [-0.25, -0.2) is 4.79 Å². The lowest BCUT2D eigenvalue weighted by molar-refractivity contribution is -0.149. The number of rotatable bonds is 31. The predicted molar refractivity (Wildman–Crippen MR) is 216 cm³/mol. The van der Waals surface area contributed by atoms with Gasteiger partial charge >= 0.3 is 18.0 Å². The van der Waals surface area contributed by atoms with Crippen molar-refractivity contribution < 1.29 is 28.6 Å². The first-order valence-electron chi connectivity index (χ1n) is 22.3. The average molecular weight is 736 g/mol. The van der Waals surface area contributed by atoms with E-state index in [1.165, 1.54) is 83.5 Å². The van der Waals surface area contributed by atoms with Crippen molar-refractivity contribution in [1.29, 1.82) is 0 Å². The van der Waals surface area contributed by atoms with Gasteiger partial charge in [0, 0.05) is 13.1 Å². The second-order valence-electron chi connectivity index (χ2n) is 17.2.